The molecule has 0 heterocycles. The fourth-order valence-electron chi connectivity index (χ4n) is 0.894. The second-order valence-electron chi connectivity index (χ2n) is 2.55. The largest absolute Gasteiger partial charge is 0.370 e. The monoisotopic (exact) mass is 178 g/mol. The molecule has 4 heteroatoms. The van der Waals surface area contributed by atoms with Crippen LogP contribution in [0.25, 0.3) is 0 Å². The molecule has 0 amide bonds. The standard InChI is InChI=1S/C9H14N4/c10-6-7-12-9(11)13-8-4-2-1-3-5-8/h1-5H,6-7,10H2,(H3,11,12,13). The van der Waals surface area contributed by atoms with Crippen LogP contribution in [0.1, 0.15) is 0 Å². The second kappa shape index (κ2) is 5.16. The van der Waals surface area contributed by atoms with E-state index in [1.54, 1.807) is 0 Å². The maximum atomic E-state index is 5.58. The Hall–Kier alpha value is -1.55. The molecule has 0 spiro atoms. The number of benzene rings is 1. The van der Waals surface area contributed by atoms with Crippen molar-refractivity contribution < 1.29 is 0 Å². The van der Waals surface area contributed by atoms with Gasteiger partial charge in [0.15, 0.2) is 5.96 Å². The van der Waals surface area contributed by atoms with Crippen molar-refractivity contribution in [1.29, 1.82) is 0 Å². The average Bonchev–Trinajstić information content (AvgIpc) is 2.16. The minimum absolute atomic E-state index is 0.400. The van der Waals surface area contributed by atoms with Crippen molar-refractivity contribution >= 4 is 11.6 Å². The molecule has 13 heavy (non-hydrogen) atoms. The quantitative estimate of drug-likeness (QED) is 0.462. The van der Waals surface area contributed by atoms with E-state index in [0.717, 1.165) is 5.69 Å². The molecular formula is C9H14N4. The van der Waals surface area contributed by atoms with Crippen LogP contribution in [0.4, 0.5) is 5.69 Å². The number of nitrogens with zero attached hydrogens (tertiary/aromatic N) is 1. The van der Waals surface area contributed by atoms with Crippen molar-refractivity contribution in [3.63, 3.8) is 0 Å². The maximum absolute atomic E-state index is 5.58. The molecule has 5 N–H and O–H groups in total. The molecule has 0 saturated carbocycles. The number of nitrogens with two attached hydrogens (primary N) is 2. The van der Waals surface area contributed by atoms with E-state index in [1.165, 1.54) is 0 Å². The van der Waals surface area contributed by atoms with E-state index in [4.69, 9.17) is 11.5 Å². The van der Waals surface area contributed by atoms with Crippen LogP contribution < -0.4 is 16.8 Å². The minimum atomic E-state index is 0.400. The highest BCUT2D eigenvalue weighted by atomic mass is 15.1. The van der Waals surface area contributed by atoms with Crippen molar-refractivity contribution in [2.75, 3.05) is 18.4 Å². The van der Waals surface area contributed by atoms with E-state index in [9.17, 15) is 0 Å². The summed E-state index contributed by atoms with van der Waals surface area (Å²) < 4.78 is 0. The van der Waals surface area contributed by atoms with Crippen LogP contribution in [-0.2, 0) is 0 Å². The SMILES string of the molecule is NCCN=C(N)Nc1ccccc1. The van der Waals surface area contributed by atoms with Gasteiger partial charge in [-0.2, -0.15) is 0 Å². The zero-order valence-electron chi connectivity index (χ0n) is 7.40. The molecule has 0 atom stereocenters. The summed E-state index contributed by atoms with van der Waals surface area (Å²) in [6.07, 6.45) is 0. The molecule has 0 aliphatic heterocycles. The van der Waals surface area contributed by atoms with Crippen molar-refractivity contribution in [3.8, 4) is 0 Å². The van der Waals surface area contributed by atoms with Crippen molar-refractivity contribution in [1.82, 2.24) is 0 Å². The average molecular weight is 178 g/mol. The lowest BCUT2D eigenvalue weighted by molar-refractivity contribution is 0.972. The van der Waals surface area contributed by atoms with Crippen LogP contribution in [0.5, 0.6) is 0 Å². The Balaban J connectivity index is 2.50. The molecular weight excluding hydrogens is 164 g/mol. The highest BCUT2D eigenvalue weighted by Crippen LogP contribution is 2.03. The number of rotatable bonds is 3. The van der Waals surface area contributed by atoms with E-state index >= 15 is 0 Å². The van der Waals surface area contributed by atoms with Gasteiger partial charge in [-0.05, 0) is 12.1 Å². The van der Waals surface area contributed by atoms with Crippen LogP contribution in [0, 0.1) is 0 Å². The lowest BCUT2D eigenvalue weighted by Gasteiger charge is -2.03. The second-order valence-corrected chi connectivity index (χ2v) is 2.55. The summed E-state index contributed by atoms with van der Waals surface area (Å²) in [6.45, 7) is 1.06. The van der Waals surface area contributed by atoms with E-state index in [0.29, 0.717) is 19.0 Å². The molecule has 0 fully saturated rings. The lowest BCUT2D eigenvalue weighted by Crippen LogP contribution is -2.23. The molecule has 0 aromatic heterocycles. The molecule has 0 radical (unpaired) electrons. The first-order valence-corrected chi connectivity index (χ1v) is 4.15. The Morgan fingerprint density at radius 1 is 1.31 bits per heavy atom. The molecule has 0 bridgehead atoms. The minimum Gasteiger partial charge on any atom is -0.370 e. The summed E-state index contributed by atoms with van der Waals surface area (Å²) >= 11 is 0. The lowest BCUT2D eigenvalue weighted by atomic mass is 10.3. The number of aliphatic imine (C=N–C) groups is 1. The van der Waals surface area contributed by atoms with Gasteiger partial charge >= 0.3 is 0 Å². The number of para-hydroxylation sites is 1. The van der Waals surface area contributed by atoms with Gasteiger partial charge in [0.25, 0.3) is 0 Å². The van der Waals surface area contributed by atoms with Crippen LogP contribution in [-0.4, -0.2) is 19.0 Å². The number of anilines is 1. The summed E-state index contributed by atoms with van der Waals surface area (Å²) in [5, 5.41) is 2.95. The van der Waals surface area contributed by atoms with Crippen molar-refractivity contribution in [2.45, 2.75) is 0 Å². The summed E-state index contributed by atoms with van der Waals surface area (Å²) in [6, 6.07) is 9.64. The zero-order chi connectivity index (χ0) is 9.52. The molecule has 70 valence electrons. The predicted octanol–water partition coefficient (Wildman–Crippen LogP) is 0.372. The van der Waals surface area contributed by atoms with E-state index in [2.05, 4.69) is 10.3 Å². The van der Waals surface area contributed by atoms with Crippen LogP contribution >= 0.6 is 0 Å². The van der Waals surface area contributed by atoms with Crippen LogP contribution in [0.15, 0.2) is 35.3 Å². The van der Waals surface area contributed by atoms with Gasteiger partial charge in [-0.15, -0.1) is 0 Å². The van der Waals surface area contributed by atoms with Gasteiger partial charge in [-0.1, -0.05) is 18.2 Å². The fourth-order valence-corrected chi connectivity index (χ4v) is 0.894. The van der Waals surface area contributed by atoms with Crippen LogP contribution in [0.3, 0.4) is 0 Å². The van der Waals surface area contributed by atoms with E-state index in [1.807, 2.05) is 30.3 Å². The zero-order valence-corrected chi connectivity index (χ0v) is 7.40. The summed E-state index contributed by atoms with van der Waals surface area (Å²) in [4.78, 5) is 4.00. The van der Waals surface area contributed by atoms with Gasteiger partial charge in [-0.25, -0.2) is 0 Å². The number of nitrogens with one attached hydrogen (secondary N) is 1. The first-order valence-electron chi connectivity index (χ1n) is 4.15. The molecule has 1 rings (SSSR count). The smallest absolute Gasteiger partial charge is 0.193 e. The third-order valence-electron chi connectivity index (χ3n) is 1.46. The Morgan fingerprint density at radius 3 is 2.62 bits per heavy atom. The van der Waals surface area contributed by atoms with Gasteiger partial charge < -0.3 is 16.8 Å². The first kappa shape index (κ1) is 9.54. The molecule has 0 unspecified atom stereocenters. The van der Waals surface area contributed by atoms with Gasteiger partial charge in [0.05, 0.1) is 6.54 Å². The molecule has 4 nitrogen and oxygen atoms in total. The van der Waals surface area contributed by atoms with E-state index < -0.39 is 0 Å². The highest BCUT2D eigenvalue weighted by molar-refractivity contribution is 5.92. The molecule has 1 aromatic rings. The molecule has 0 aliphatic rings. The van der Waals surface area contributed by atoms with Gasteiger partial charge in [0, 0.05) is 12.2 Å². The van der Waals surface area contributed by atoms with Gasteiger partial charge in [0.1, 0.15) is 0 Å². The number of hydrogen-bond acceptors (Lipinski definition) is 2. The number of hydrogen-bond donors (Lipinski definition) is 3. The van der Waals surface area contributed by atoms with Crippen molar-refractivity contribution in [2.24, 2.45) is 16.5 Å². The first-order chi connectivity index (χ1) is 6.33. The Morgan fingerprint density at radius 2 is 2.00 bits per heavy atom. The fraction of sp³-hybridized carbons (Fsp3) is 0.222. The molecule has 0 aliphatic carbocycles. The topological polar surface area (TPSA) is 76.4 Å². The maximum Gasteiger partial charge on any atom is 0.193 e. The van der Waals surface area contributed by atoms with Gasteiger partial charge in [-0.3, -0.25) is 4.99 Å². The predicted molar refractivity (Wildman–Crippen MR) is 55.6 cm³/mol. The Kier molecular flexibility index (Phi) is 3.78. The number of guanidine groups is 1. The molecule has 0 saturated heterocycles. The summed E-state index contributed by atoms with van der Waals surface area (Å²) in [7, 11) is 0. The normalized spacial score (nSPS) is 11.3. The Labute approximate surface area is 77.7 Å². The highest BCUT2D eigenvalue weighted by Gasteiger charge is 1.91. The third kappa shape index (κ3) is 3.57. The Bertz CT molecular complexity index is 268. The summed E-state index contributed by atoms with van der Waals surface area (Å²) in [5.74, 6) is 0.400. The summed E-state index contributed by atoms with van der Waals surface area (Å²) in [5.41, 5.74) is 11.8. The third-order valence-corrected chi connectivity index (χ3v) is 1.46. The van der Waals surface area contributed by atoms with Crippen LogP contribution in [0.2, 0.25) is 0 Å². The van der Waals surface area contributed by atoms with Gasteiger partial charge in [0.2, 0.25) is 0 Å². The molecule has 1 aromatic carbocycles. The van der Waals surface area contributed by atoms with E-state index in [-0.39, 0.29) is 0 Å². The van der Waals surface area contributed by atoms with Crippen molar-refractivity contribution in [3.05, 3.63) is 30.3 Å².